The second-order valence-corrected chi connectivity index (χ2v) is 6.76. The predicted octanol–water partition coefficient (Wildman–Crippen LogP) is 3.32. The van der Waals surface area contributed by atoms with Crippen LogP contribution in [0.5, 0.6) is 0 Å². The number of benzene rings is 1. The van der Waals surface area contributed by atoms with Crippen molar-refractivity contribution in [1.82, 2.24) is 30.9 Å². The van der Waals surface area contributed by atoms with Crippen LogP contribution >= 0.6 is 11.6 Å². The molecule has 28 heavy (non-hydrogen) atoms. The van der Waals surface area contributed by atoms with Gasteiger partial charge < -0.3 is 4.57 Å². The minimum atomic E-state index is -4.49. The van der Waals surface area contributed by atoms with Crippen LogP contribution in [0.25, 0.3) is 11.4 Å². The Balaban J connectivity index is 1.57. The maximum Gasteiger partial charge on any atom is 0.417 e. The predicted molar refractivity (Wildman–Crippen MR) is 98.0 cm³/mol. The van der Waals surface area contributed by atoms with Crippen LogP contribution in [0.15, 0.2) is 49.1 Å². The van der Waals surface area contributed by atoms with Gasteiger partial charge in [0.25, 0.3) is 0 Å². The lowest BCUT2D eigenvalue weighted by molar-refractivity contribution is -0.137. The van der Waals surface area contributed by atoms with Crippen LogP contribution in [0, 0.1) is 0 Å². The normalized spacial score (nSPS) is 17.2. The maximum atomic E-state index is 13.0. The molecule has 4 rings (SSSR count). The number of aromatic nitrogens is 3. The number of hydrogen-bond acceptors (Lipinski definition) is 5. The number of nitrogens with one attached hydrogen (secondary N) is 3. The molecule has 3 aromatic rings. The number of nitrogens with zero attached hydrogens (tertiary/aromatic N) is 3. The van der Waals surface area contributed by atoms with E-state index in [1.807, 2.05) is 12.1 Å². The van der Waals surface area contributed by atoms with E-state index in [1.54, 1.807) is 29.4 Å². The van der Waals surface area contributed by atoms with Gasteiger partial charge in [0, 0.05) is 25.5 Å². The monoisotopic (exact) mass is 408 g/mol. The van der Waals surface area contributed by atoms with Gasteiger partial charge in [0.15, 0.2) is 0 Å². The Labute approximate surface area is 163 Å². The first-order valence-electron chi connectivity index (χ1n) is 8.48. The highest BCUT2D eigenvalue weighted by Gasteiger charge is 2.33. The summed E-state index contributed by atoms with van der Waals surface area (Å²) in [6, 6.07) is 7.84. The van der Waals surface area contributed by atoms with E-state index in [2.05, 4.69) is 26.4 Å². The Morgan fingerprint density at radius 1 is 1.18 bits per heavy atom. The van der Waals surface area contributed by atoms with Crippen molar-refractivity contribution in [2.75, 3.05) is 6.54 Å². The summed E-state index contributed by atoms with van der Waals surface area (Å²) in [6.45, 7) is 0.902. The van der Waals surface area contributed by atoms with Crippen molar-refractivity contribution in [3.05, 3.63) is 70.8 Å². The van der Waals surface area contributed by atoms with E-state index in [0.717, 1.165) is 18.2 Å². The third-order valence-electron chi connectivity index (χ3n) is 4.46. The molecule has 6 nitrogen and oxygen atoms in total. The van der Waals surface area contributed by atoms with Gasteiger partial charge in [-0.15, -0.1) is 0 Å². The summed E-state index contributed by atoms with van der Waals surface area (Å²) in [7, 11) is 0. The Morgan fingerprint density at radius 3 is 2.79 bits per heavy atom. The summed E-state index contributed by atoms with van der Waals surface area (Å²) in [6.07, 6.45) is 0.501. The fourth-order valence-corrected chi connectivity index (χ4v) is 3.34. The van der Waals surface area contributed by atoms with Crippen LogP contribution in [-0.4, -0.2) is 21.1 Å². The van der Waals surface area contributed by atoms with Crippen molar-refractivity contribution >= 4 is 11.6 Å². The highest BCUT2D eigenvalue weighted by molar-refractivity contribution is 6.32. The minimum absolute atomic E-state index is 0.104. The number of hydrazine groups is 2. The van der Waals surface area contributed by atoms with E-state index in [1.165, 1.54) is 6.07 Å². The lowest BCUT2D eigenvalue weighted by atomic mass is 10.1. The summed E-state index contributed by atoms with van der Waals surface area (Å²) in [5, 5.41) is -0.294. The number of hydrogen-bond donors (Lipinski definition) is 3. The number of pyridine rings is 1. The van der Waals surface area contributed by atoms with E-state index in [-0.39, 0.29) is 17.6 Å². The molecule has 1 atom stereocenters. The zero-order chi connectivity index (χ0) is 19.7. The smallest absolute Gasteiger partial charge is 0.332 e. The van der Waals surface area contributed by atoms with Crippen molar-refractivity contribution in [3.8, 4) is 11.4 Å². The summed E-state index contributed by atoms with van der Waals surface area (Å²) >= 11 is 5.98. The lowest BCUT2D eigenvalue weighted by Crippen LogP contribution is -2.30. The van der Waals surface area contributed by atoms with Gasteiger partial charge >= 0.3 is 6.18 Å². The molecule has 0 bridgehead atoms. The van der Waals surface area contributed by atoms with Gasteiger partial charge in [-0.25, -0.2) is 15.8 Å². The number of halogens is 4. The third kappa shape index (κ3) is 3.88. The average Bonchev–Trinajstić information content (AvgIpc) is 3.35. The van der Waals surface area contributed by atoms with E-state index in [0.29, 0.717) is 17.0 Å². The molecule has 3 N–H and O–H groups in total. The molecule has 2 aromatic heterocycles. The standard InChI is InChI=1S/C18H16ClF3N6/c19-17-12(2-1-3-13(17)18(20,21)22)8-28-9-16(24-10-28)14-6-11(4-5-23-14)15-7-25-27-26-15/h1-6,9-10,15,25-27H,7-8H2. The van der Waals surface area contributed by atoms with Gasteiger partial charge in [0.1, 0.15) is 5.69 Å². The molecule has 1 unspecified atom stereocenters. The zero-order valence-electron chi connectivity index (χ0n) is 14.5. The zero-order valence-corrected chi connectivity index (χ0v) is 15.2. The van der Waals surface area contributed by atoms with Crippen molar-refractivity contribution in [2.45, 2.75) is 18.8 Å². The van der Waals surface area contributed by atoms with Crippen LogP contribution in [0.1, 0.15) is 22.7 Å². The Kier molecular flexibility index (Phi) is 5.07. The van der Waals surface area contributed by atoms with Gasteiger partial charge in [-0.1, -0.05) is 23.7 Å². The van der Waals surface area contributed by atoms with Crippen LogP contribution < -0.4 is 16.4 Å². The van der Waals surface area contributed by atoms with E-state index in [4.69, 9.17) is 11.6 Å². The molecule has 146 valence electrons. The summed E-state index contributed by atoms with van der Waals surface area (Å²) in [5.74, 6) is 0. The van der Waals surface area contributed by atoms with Crippen molar-refractivity contribution in [1.29, 1.82) is 0 Å². The molecule has 0 amide bonds. The Hall–Kier alpha value is -2.46. The fraction of sp³-hybridized carbons (Fsp3) is 0.222. The summed E-state index contributed by atoms with van der Waals surface area (Å²) < 4.78 is 40.8. The molecular weight excluding hydrogens is 393 g/mol. The first-order valence-corrected chi connectivity index (χ1v) is 8.85. The highest BCUT2D eigenvalue weighted by atomic mass is 35.5. The van der Waals surface area contributed by atoms with Crippen LogP contribution in [-0.2, 0) is 12.7 Å². The Morgan fingerprint density at radius 2 is 2.04 bits per heavy atom. The molecule has 3 heterocycles. The molecule has 1 fully saturated rings. The van der Waals surface area contributed by atoms with E-state index in [9.17, 15) is 13.2 Å². The fourth-order valence-electron chi connectivity index (χ4n) is 3.04. The number of imidazole rings is 1. The molecule has 0 saturated carbocycles. The van der Waals surface area contributed by atoms with Crippen molar-refractivity contribution < 1.29 is 13.2 Å². The van der Waals surface area contributed by atoms with Gasteiger partial charge in [-0.05, 0) is 29.3 Å². The minimum Gasteiger partial charge on any atom is -0.332 e. The van der Waals surface area contributed by atoms with E-state index >= 15 is 0 Å². The first-order chi connectivity index (χ1) is 13.4. The topological polar surface area (TPSA) is 66.8 Å². The molecule has 1 saturated heterocycles. The highest BCUT2D eigenvalue weighted by Crippen LogP contribution is 2.36. The largest absolute Gasteiger partial charge is 0.417 e. The van der Waals surface area contributed by atoms with Crippen molar-refractivity contribution in [2.24, 2.45) is 0 Å². The molecule has 0 aliphatic carbocycles. The van der Waals surface area contributed by atoms with Crippen LogP contribution in [0.2, 0.25) is 5.02 Å². The maximum absolute atomic E-state index is 13.0. The van der Waals surface area contributed by atoms with Gasteiger partial charge in [-0.2, -0.15) is 18.7 Å². The quantitative estimate of drug-likeness (QED) is 0.618. The first kappa shape index (κ1) is 18.9. The molecule has 1 aliphatic rings. The number of alkyl halides is 3. The van der Waals surface area contributed by atoms with Crippen LogP contribution in [0.3, 0.4) is 0 Å². The van der Waals surface area contributed by atoms with E-state index < -0.39 is 11.7 Å². The second-order valence-electron chi connectivity index (χ2n) is 6.38. The molecule has 10 heteroatoms. The third-order valence-corrected chi connectivity index (χ3v) is 4.91. The van der Waals surface area contributed by atoms with Gasteiger partial charge in [0.2, 0.25) is 0 Å². The second kappa shape index (κ2) is 7.51. The van der Waals surface area contributed by atoms with Gasteiger partial charge in [-0.3, -0.25) is 4.98 Å². The molecule has 0 spiro atoms. The summed E-state index contributed by atoms with van der Waals surface area (Å²) in [5.41, 5.74) is 10.8. The lowest BCUT2D eigenvalue weighted by Gasteiger charge is -2.12. The molecule has 1 aromatic carbocycles. The summed E-state index contributed by atoms with van der Waals surface area (Å²) in [4.78, 5) is 8.68. The Bertz CT molecular complexity index is 981. The van der Waals surface area contributed by atoms with Gasteiger partial charge in [0.05, 0.1) is 28.6 Å². The molecular formula is C18H16ClF3N6. The molecule has 1 aliphatic heterocycles. The average molecular weight is 409 g/mol. The SMILES string of the molecule is FC(F)(F)c1cccc(Cn2cnc(-c3cc(C4CNNN4)ccn3)c2)c1Cl. The number of rotatable bonds is 4. The van der Waals surface area contributed by atoms with Crippen LogP contribution in [0.4, 0.5) is 13.2 Å². The molecule has 0 radical (unpaired) electrons. The van der Waals surface area contributed by atoms with Crippen molar-refractivity contribution in [3.63, 3.8) is 0 Å².